The third-order valence-corrected chi connectivity index (χ3v) is 5.69. The van der Waals surface area contributed by atoms with Crippen molar-refractivity contribution in [2.45, 2.75) is 38.5 Å². The molecule has 0 amide bonds. The molecule has 1 aliphatic rings. The van der Waals surface area contributed by atoms with Gasteiger partial charge in [-0.15, -0.1) is 11.3 Å². The summed E-state index contributed by atoms with van der Waals surface area (Å²) in [5.74, 6) is 0.598. The summed E-state index contributed by atoms with van der Waals surface area (Å²) in [4.78, 5) is 6.48. The number of aryl methyl sites for hydroxylation is 1. The van der Waals surface area contributed by atoms with Crippen LogP contribution in [-0.2, 0) is 6.42 Å². The highest BCUT2D eigenvalue weighted by Crippen LogP contribution is 2.38. The summed E-state index contributed by atoms with van der Waals surface area (Å²) in [6, 6.07) is 8.49. The number of nitrogens with one attached hydrogen (secondary N) is 1. The number of hydrogen-bond donors (Lipinski definition) is 1. The third kappa shape index (κ3) is 3.55. The Hall–Kier alpha value is -0.710. The van der Waals surface area contributed by atoms with Crippen LogP contribution in [0.3, 0.4) is 0 Å². The molecule has 0 aliphatic heterocycles. The Bertz CT molecular complexity index is 591. The first-order chi connectivity index (χ1) is 10.3. The van der Waals surface area contributed by atoms with Crippen molar-refractivity contribution < 1.29 is 0 Å². The third-order valence-electron chi connectivity index (χ3n) is 3.98. The van der Waals surface area contributed by atoms with Gasteiger partial charge in [-0.3, -0.25) is 0 Å². The van der Waals surface area contributed by atoms with Crippen LogP contribution in [0.5, 0.6) is 0 Å². The minimum absolute atomic E-state index is 0.598. The van der Waals surface area contributed by atoms with Gasteiger partial charge in [0.1, 0.15) is 5.01 Å². The Kier molecular flexibility index (Phi) is 5.09. The second-order valence-electron chi connectivity index (χ2n) is 5.63. The van der Waals surface area contributed by atoms with Gasteiger partial charge in [0.25, 0.3) is 0 Å². The molecule has 1 unspecified atom stereocenters. The molecule has 0 spiro atoms. The average Bonchev–Trinajstić information content (AvgIpc) is 2.93. The van der Waals surface area contributed by atoms with Gasteiger partial charge in [-0.25, -0.2) is 4.98 Å². The first-order valence-corrected chi connectivity index (χ1v) is 9.35. The van der Waals surface area contributed by atoms with Crippen LogP contribution in [-0.4, -0.2) is 18.1 Å². The quantitative estimate of drug-likeness (QED) is 0.755. The molecule has 0 saturated carbocycles. The van der Waals surface area contributed by atoms with Gasteiger partial charge in [-0.1, -0.05) is 35.0 Å². The molecular weight excluding hydrogens is 344 g/mol. The number of hydrogen-bond acceptors (Lipinski definition) is 3. The SMILES string of the molecule is CCCNCC1CCCc2sc(-c3ccc(Br)cc3)nc21. The van der Waals surface area contributed by atoms with Gasteiger partial charge in [0.2, 0.25) is 0 Å². The first-order valence-electron chi connectivity index (χ1n) is 7.74. The maximum absolute atomic E-state index is 4.97. The summed E-state index contributed by atoms with van der Waals surface area (Å²) in [6.45, 7) is 4.40. The number of halogens is 1. The first kappa shape index (κ1) is 15.2. The Balaban J connectivity index is 1.82. The van der Waals surface area contributed by atoms with E-state index in [4.69, 9.17) is 4.98 Å². The van der Waals surface area contributed by atoms with Crippen molar-refractivity contribution in [1.29, 1.82) is 0 Å². The number of fused-ring (bicyclic) bond motifs is 1. The molecule has 0 bridgehead atoms. The minimum atomic E-state index is 0.598. The number of benzene rings is 1. The molecule has 0 fully saturated rings. The highest BCUT2D eigenvalue weighted by atomic mass is 79.9. The van der Waals surface area contributed by atoms with Crippen molar-refractivity contribution >= 4 is 27.3 Å². The van der Waals surface area contributed by atoms with Crippen molar-refractivity contribution in [3.8, 4) is 10.6 Å². The van der Waals surface area contributed by atoms with Gasteiger partial charge in [0.05, 0.1) is 5.69 Å². The molecule has 4 heteroatoms. The van der Waals surface area contributed by atoms with Crippen LogP contribution in [0.15, 0.2) is 28.7 Å². The van der Waals surface area contributed by atoms with Crippen LogP contribution in [0.25, 0.3) is 10.6 Å². The summed E-state index contributed by atoms with van der Waals surface area (Å²) < 4.78 is 1.12. The van der Waals surface area contributed by atoms with Crippen molar-refractivity contribution in [1.82, 2.24) is 10.3 Å². The van der Waals surface area contributed by atoms with E-state index in [1.165, 1.54) is 46.8 Å². The summed E-state index contributed by atoms with van der Waals surface area (Å²) in [6.07, 6.45) is 4.97. The number of aromatic nitrogens is 1. The maximum atomic E-state index is 4.97. The molecule has 2 aromatic rings. The second-order valence-corrected chi connectivity index (χ2v) is 7.63. The van der Waals surface area contributed by atoms with E-state index in [0.29, 0.717) is 5.92 Å². The largest absolute Gasteiger partial charge is 0.316 e. The van der Waals surface area contributed by atoms with Crippen LogP contribution in [0.2, 0.25) is 0 Å². The van der Waals surface area contributed by atoms with Crippen LogP contribution in [0.1, 0.15) is 42.7 Å². The van der Waals surface area contributed by atoms with Gasteiger partial charge >= 0.3 is 0 Å². The molecule has 1 aromatic carbocycles. The summed E-state index contributed by atoms with van der Waals surface area (Å²) in [7, 11) is 0. The Morgan fingerprint density at radius 2 is 2.14 bits per heavy atom. The highest BCUT2D eigenvalue weighted by molar-refractivity contribution is 9.10. The zero-order valence-electron chi connectivity index (χ0n) is 12.4. The molecule has 1 aliphatic carbocycles. The van der Waals surface area contributed by atoms with Crippen molar-refractivity contribution in [2.75, 3.05) is 13.1 Å². The standard InChI is InChI=1S/C17H21BrN2S/c1-2-10-19-11-13-4-3-5-15-16(13)20-17(21-15)12-6-8-14(18)9-7-12/h6-9,13,19H,2-5,10-11H2,1H3. The lowest BCUT2D eigenvalue weighted by Gasteiger charge is -2.21. The number of rotatable bonds is 5. The summed E-state index contributed by atoms with van der Waals surface area (Å²) in [5.41, 5.74) is 2.59. The highest BCUT2D eigenvalue weighted by Gasteiger charge is 2.24. The molecule has 1 aromatic heterocycles. The van der Waals surface area contributed by atoms with E-state index in [1.807, 2.05) is 11.3 Å². The molecule has 1 N–H and O–H groups in total. The van der Waals surface area contributed by atoms with E-state index in [0.717, 1.165) is 17.6 Å². The van der Waals surface area contributed by atoms with Gasteiger partial charge in [-0.05, 0) is 44.4 Å². The van der Waals surface area contributed by atoms with Crippen molar-refractivity contribution in [3.63, 3.8) is 0 Å². The molecule has 112 valence electrons. The fraction of sp³-hybridized carbons (Fsp3) is 0.471. The smallest absolute Gasteiger partial charge is 0.123 e. The van der Waals surface area contributed by atoms with E-state index < -0.39 is 0 Å². The summed E-state index contributed by atoms with van der Waals surface area (Å²) in [5, 5.41) is 4.74. The normalized spacial score (nSPS) is 17.7. The van der Waals surface area contributed by atoms with Crippen LogP contribution >= 0.6 is 27.3 Å². The van der Waals surface area contributed by atoms with Crippen LogP contribution in [0.4, 0.5) is 0 Å². The van der Waals surface area contributed by atoms with Crippen LogP contribution in [0, 0.1) is 0 Å². The zero-order valence-corrected chi connectivity index (χ0v) is 14.8. The van der Waals surface area contributed by atoms with Crippen molar-refractivity contribution in [3.05, 3.63) is 39.3 Å². The topological polar surface area (TPSA) is 24.9 Å². The zero-order chi connectivity index (χ0) is 14.7. The summed E-state index contributed by atoms with van der Waals surface area (Å²) >= 11 is 5.38. The van der Waals surface area contributed by atoms with E-state index in [-0.39, 0.29) is 0 Å². The molecule has 1 heterocycles. The van der Waals surface area contributed by atoms with E-state index in [1.54, 1.807) is 0 Å². The molecule has 0 saturated heterocycles. The van der Waals surface area contributed by atoms with Gasteiger partial charge in [0, 0.05) is 27.4 Å². The average molecular weight is 365 g/mol. The monoisotopic (exact) mass is 364 g/mol. The second kappa shape index (κ2) is 7.03. The lowest BCUT2D eigenvalue weighted by molar-refractivity contribution is 0.502. The minimum Gasteiger partial charge on any atom is -0.316 e. The van der Waals surface area contributed by atoms with E-state index in [2.05, 4.69) is 52.4 Å². The molecule has 3 rings (SSSR count). The Morgan fingerprint density at radius 3 is 2.90 bits per heavy atom. The Labute approximate surface area is 139 Å². The fourth-order valence-corrected chi connectivity index (χ4v) is 4.33. The lowest BCUT2D eigenvalue weighted by atomic mass is 9.91. The number of nitrogens with zero attached hydrogens (tertiary/aromatic N) is 1. The molecule has 2 nitrogen and oxygen atoms in total. The number of thiazole rings is 1. The maximum Gasteiger partial charge on any atom is 0.123 e. The van der Waals surface area contributed by atoms with Gasteiger partial charge in [-0.2, -0.15) is 0 Å². The Morgan fingerprint density at radius 1 is 1.33 bits per heavy atom. The van der Waals surface area contributed by atoms with Gasteiger partial charge in [0.15, 0.2) is 0 Å². The molecule has 0 radical (unpaired) electrons. The lowest BCUT2D eigenvalue weighted by Crippen LogP contribution is -2.24. The fourth-order valence-electron chi connectivity index (χ4n) is 2.88. The molecule has 21 heavy (non-hydrogen) atoms. The van der Waals surface area contributed by atoms with Crippen molar-refractivity contribution in [2.24, 2.45) is 0 Å². The van der Waals surface area contributed by atoms with Crippen LogP contribution < -0.4 is 5.32 Å². The molecular formula is C17H21BrN2S. The predicted octanol–water partition coefficient (Wildman–Crippen LogP) is 4.99. The van der Waals surface area contributed by atoms with E-state index in [9.17, 15) is 0 Å². The predicted molar refractivity (Wildman–Crippen MR) is 94.1 cm³/mol. The van der Waals surface area contributed by atoms with E-state index >= 15 is 0 Å². The van der Waals surface area contributed by atoms with Gasteiger partial charge < -0.3 is 5.32 Å². The molecule has 1 atom stereocenters.